The van der Waals surface area contributed by atoms with E-state index >= 15 is 0 Å². The number of rotatable bonds is 6. The molecule has 1 amide bonds. The van der Waals surface area contributed by atoms with Crippen LogP contribution in [0.25, 0.3) is 0 Å². The Morgan fingerprint density at radius 3 is 2.13 bits per heavy atom. The number of carbonyl (C=O) groups is 1. The molecule has 0 aliphatic carbocycles. The third kappa shape index (κ3) is 5.58. The Morgan fingerprint density at radius 2 is 1.61 bits per heavy atom. The number of benzene rings is 2. The maximum absolute atomic E-state index is 12.8. The number of ether oxygens (including phenoxy) is 1. The first-order valence-corrected chi connectivity index (χ1v) is 11.5. The molecule has 2 aromatic rings. The van der Waals surface area contributed by atoms with Gasteiger partial charge in [-0.15, -0.1) is 0 Å². The van der Waals surface area contributed by atoms with E-state index in [9.17, 15) is 26.4 Å². The standard InChI is InChI=1S/C22H24F3NO4S/c1-30-18-7-9-19(10-8-18)31(28,29)20-12-14-26(15-13-20)21(27)11-4-16-2-5-17(6-3-16)22(23,24)25/h2-3,5-10,20H,4,11-15H2,1H3. The van der Waals surface area contributed by atoms with Gasteiger partial charge in [-0.1, -0.05) is 12.1 Å². The molecule has 0 unspecified atom stereocenters. The van der Waals surface area contributed by atoms with Gasteiger partial charge in [-0.3, -0.25) is 4.79 Å². The van der Waals surface area contributed by atoms with Crippen LogP contribution in [-0.4, -0.2) is 44.7 Å². The Balaban J connectivity index is 1.52. The van der Waals surface area contributed by atoms with Crippen molar-refractivity contribution in [2.75, 3.05) is 20.2 Å². The lowest BCUT2D eigenvalue weighted by molar-refractivity contribution is -0.137. The summed E-state index contributed by atoms with van der Waals surface area (Å²) in [4.78, 5) is 14.3. The molecule has 1 fully saturated rings. The minimum atomic E-state index is -4.38. The molecule has 0 atom stereocenters. The predicted octanol–water partition coefficient (Wildman–Crippen LogP) is 4.11. The van der Waals surface area contributed by atoms with Gasteiger partial charge in [0.1, 0.15) is 5.75 Å². The number of methoxy groups -OCH3 is 1. The predicted molar refractivity (Wildman–Crippen MR) is 110 cm³/mol. The van der Waals surface area contributed by atoms with Gasteiger partial charge in [0.15, 0.2) is 9.84 Å². The number of likely N-dealkylation sites (tertiary alicyclic amines) is 1. The molecule has 5 nitrogen and oxygen atoms in total. The summed E-state index contributed by atoms with van der Waals surface area (Å²) in [6.45, 7) is 0.678. The van der Waals surface area contributed by atoms with Crippen molar-refractivity contribution < 1.29 is 31.1 Å². The minimum Gasteiger partial charge on any atom is -0.497 e. The average Bonchev–Trinajstić information content (AvgIpc) is 2.77. The molecule has 1 heterocycles. The van der Waals surface area contributed by atoms with E-state index in [4.69, 9.17) is 4.74 Å². The highest BCUT2D eigenvalue weighted by Crippen LogP contribution is 2.29. The number of halogens is 3. The summed E-state index contributed by atoms with van der Waals surface area (Å²) in [6, 6.07) is 11.0. The van der Waals surface area contributed by atoms with Crippen LogP contribution in [0.5, 0.6) is 5.75 Å². The van der Waals surface area contributed by atoms with E-state index in [0.717, 1.165) is 12.1 Å². The highest BCUT2D eigenvalue weighted by Gasteiger charge is 2.33. The molecule has 31 heavy (non-hydrogen) atoms. The van der Waals surface area contributed by atoms with Gasteiger partial charge in [0.2, 0.25) is 5.91 Å². The molecule has 0 spiro atoms. The van der Waals surface area contributed by atoms with Crippen LogP contribution in [0.15, 0.2) is 53.4 Å². The summed E-state index contributed by atoms with van der Waals surface area (Å²) in [5.74, 6) is 0.451. The highest BCUT2D eigenvalue weighted by molar-refractivity contribution is 7.92. The summed E-state index contributed by atoms with van der Waals surface area (Å²) in [7, 11) is -1.99. The van der Waals surface area contributed by atoms with E-state index in [-0.39, 0.29) is 17.2 Å². The lowest BCUT2D eigenvalue weighted by Crippen LogP contribution is -2.42. The van der Waals surface area contributed by atoms with Gasteiger partial charge in [0, 0.05) is 19.5 Å². The second-order valence-electron chi connectivity index (χ2n) is 7.50. The zero-order valence-corrected chi connectivity index (χ0v) is 17.9. The Labute approximate surface area is 179 Å². The molecule has 0 bridgehead atoms. The van der Waals surface area contributed by atoms with Crippen molar-refractivity contribution in [2.24, 2.45) is 0 Å². The van der Waals surface area contributed by atoms with E-state index in [1.54, 1.807) is 17.0 Å². The van der Waals surface area contributed by atoms with Gasteiger partial charge in [0.25, 0.3) is 0 Å². The largest absolute Gasteiger partial charge is 0.497 e. The van der Waals surface area contributed by atoms with Gasteiger partial charge < -0.3 is 9.64 Å². The fraction of sp³-hybridized carbons (Fsp3) is 0.409. The smallest absolute Gasteiger partial charge is 0.416 e. The number of alkyl halides is 3. The van der Waals surface area contributed by atoms with Crippen molar-refractivity contribution in [2.45, 2.75) is 42.0 Å². The molecule has 3 rings (SSSR count). The normalized spacial score (nSPS) is 15.7. The molecular weight excluding hydrogens is 431 g/mol. The van der Waals surface area contributed by atoms with Crippen LogP contribution in [0.2, 0.25) is 0 Å². The Morgan fingerprint density at radius 1 is 1.03 bits per heavy atom. The molecule has 1 saturated heterocycles. The molecule has 168 valence electrons. The third-order valence-corrected chi connectivity index (χ3v) is 7.81. The number of carbonyl (C=O) groups excluding carboxylic acids is 1. The molecule has 1 aliphatic heterocycles. The van der Waals surface area contributed by atoms with Crippen molar-refractivity contribution in [3.63, 3.8) is 0 Å². The second-order valence-corrected chi connectivity index (χ2v) is 9.72. The van der Waals surface area contributed by atoms with Gasteiger partial charge in [0.05, 0.1) is 22.8 Å². The average molecular weight is 455 g/mol. The van der Waals surface area contributed by atoms with Crippen LogP contribution < -0.4 is 4.74 Å². The quantitative estimate of drug-likeness (QED) is 0.658. The molecular formula is C22H24F3NO4S. The molecule has 0 aromatic heterocycles. The number of piperidine rings is 1. The first kappa shape index (κ1) is 23.1. The maximum Gasteiger partial charge on any atom is 0.416 e. The number of sulfone groups is 1. The Hall–Kier alpha value is -2.55. The Bertz CT molecular complexity index is 995. The van der Waals surface area contributed by atoms with Crippen LogP contribution >= 0.6 is 0 Å². The molecule has 0 N–H and O–H groups in total. The van der Waals surface area contributed by atoms with Gasteiger partial charge >= 0.3 is 6.18 Å². The van der Waals surface area contributed by atoms with E-state index in [2.05, 4.69) is 0 Å². The highest BCUT2D eigenvalue weighted by atomic mass is 32.2. The fourth-order valence-electron chi connectivity index (χ4n) is 3.64. The van der Waals surface area contributed by atoms with Crippen LogP contribution in [0.1, 0.15) is 30.4 Å². The van der Waals surface area contributed by atoms with Gasteiger partial charge in [-0.05, 0) is 61.2 Å². The molecule has 9 heteroatoms. The van der Waals surface area contributed by atoms with Crippen molar-refractivity contribution in [1.29, 1.82) is 0 Å². The topological polar surface area (TPSA) is 63.7 Å². The van der Waals surface area contributed by atoms with E-state index in [0.29, 0.717) is 43.7 Å². The zero-order chi connectivity index (χ0) is 22.6. The Kier molecular flexibility index (Phi) is 6.93. The maximum atomic E-state index is 12.8. The summed E-state index contributed by atoms with van der Waals surface area (Å²) in [5, 5.41) is -0.556. The van der Waals surface area contributed by atoms with Crippen molar-refractivity contribution in [3.05, 3.63) is 59.7 Å². The van der Waals surface area contributed by atoms with Crippen LogP contribution in [0, 0.1) is 0 Å². The number of nitrogens with zero attached hydrogens (tertiary/aromatic N) is 1. The molecule has 1 aliphatic rings. The lowest BCUT2D eigenvalue weighted by atomic mass is 10.1. The number of aryl methyl sites for hydroxylation is 1. The summed E-state index contributed by atoms with van der Waals surface area (Å²) >= 11 is 0. The minimum absolute atomic E-state index is 0.125. The third-order valence-electron chi connectivity index (χ3n) is 5.53. The number of amides is 1. The van der Waals surface area contributed by atoms with Gasteiger partial charge in [-0.25, -0.2) is 8.42 Å². The van der Waals surface area contributed by atoms with Crippen LogP contribution in [0.4, 0.5) is 13.2 Å². The fourth-order valence-corrected chi connectivity index (χ4v) is 5.37. The second kappa shape index (κ2) is 9.30. The number of hydrogen-bond donors (Lipinski definition) is 0. The van der Waals surface area contributed by atoms with Crippen molar-refractivity contribution >= 4 is 15.7 Å². The number of hydrogen-bond acceptors (Lipinski definition) is 4. The zero-order valence-electron chi connectivity index (χ0n) is 17.1. The SMILES string of the molecule is COc1ccc(S(=O)(=O)C2CCN(C(=O)CCc3ccc(C(F)(F)F)cc3)CC2)cc1. The molecule has 0 saturated carbocycles. The van der Waals surface area contributed by atoms with E-state index in [1.807, 2.05) is 0 Å². The summed E-state index contributed by atoms with van der Waals surface area (Å²) in [6.07, 6.45) is -3.19. The van der Waals surface area contributed by atoms with Crippen LogP contribution in [0.3, 0.4) is 0 Å². The van der Waals surface area contributed by atoms with E-state index < -0.39 is 26.8 Å². The van der Waals surface area contributed by atoms with Crippen molar-refractivity contribution in [3.8, 4) is 5.75 Å². The summed E-state index contributed by atoms with van der Waals surface area (Å²) in [5.41, 5.74) is -0.0685. The molecule has 0 radical (unpaired) electrons. The first-order valence-electron chi connectivity index (χ1n) is 9.93. The summed E-state index contributed by atoms with van der Waals surface area (Å²) < 4.78 is 68.6. The monoisotopic (exact) mass is 455 g/mol. The van der Waals surface area contributed by atoms with Gasteiger partial charge in [-0.2, -0.15) is 13.2 Å². The van der Waals surface area contributed by atoms with Crippen LogP contribution in [-0.2, 0) is 27.2 Å². The lowest BCUT2D eigenvalue weighted by Gasteiger charge is -2.32. The first-order chi connectivity index (χ1) is 14.6. The van der Waals surface area contributed by atoms with Crippen molar-refractivity contribution in [1.82, 2.24) is 4.90 Å². The molecule has 2 aromatic carbocycles. The van der Waals surface area contributed by atoms with E-state index in [1.165, 1.54) is 31.4 Å².